The van der Waals surface area contributed by atoms with Crippen LogP contribution in [0.4, 0.5) is 10.2 Å². The molecule has 30 heavy (non-hydrogen) atoms. The molecule has 154 valence electrons. The monoisotopic (exact) mass is 406 g/mol. The van der Waals surface area contributed by atoms with E-state index in [1.54, 1.807) is 32.4 Å². The van der Waals surface area contributed by atoms with E-state index in [1.165, 1.54) is 0 Å². The van der Waals surface area contributed by atoms with Crippen molar-refractivity contribution in [2.24, 2.45) is 0 Å². The summed E-state index contributed by atoms with van der Waals surface area (Å²) in [6.07, 6.45) is 4.12. The number of nitrogens with one attached hydrogen (secondary N) is 2. The summed E-state index contributed by atoms with van der Waals surface area (Å²) >= 11 is 0. The number of rotatable bonds is 7. The number of fused-ring (bicyclic) bond motifs is 1. The first-order valence-corrected chi connectivity index (χ1v) is 9.59. The second-order valence-electron chi connectivity index (χ2n) is 7.12. The lowest BCUT2D eigenvalue weighted by molar-refractivity contribution is 0.393. The van der Waals surface area contributed by atoms with Crippen LogP contribution >= 0.6 is 0 Å². The van der Waals surface area contributed by atoms with Gasteiger partial charge in [-0.05, 0) is 47.9 Å². The Bertz CT molecular complexity index is 1170. The molecule has 0 saturated heterocycles. The molecule has 0 radical (unpaired) electrons. The molecule has 1 aromatic carbocycles. The van der Waals surface area contributed by atoms with Gasteiger partial charge in [0, 0.05) is 42.4 Å². The van der Waals surface area contributed by atoms with Crippen molar-refractivity contribution >= 4 is 16.9 Å². The third-order valence-corrected chi connectivity index (χ3v) is 4.95. The van der Waals surface area contributed by atoms with Crippen molar-refractivity contribution < 1.29 is 13.9 Å². The van der Waals surface area contributed by atoms with E-state index in [2.05, 4.69) is 26.3 Å². The number of aromatic nitrogens is 3. The Morgan fingerprint density at radius 2 is 1.80 bits per heavy atom. The van der Waals surface area contributed by atoms with Gasteiger partial charge in [0.25, 0.3) is 0 Å². The van der Waals surface area contributed by atoms with E-state index in [-0.39, 0.29) is 0 Å². The van der Waals surface area contributed by atoms with Gasteiger partial charge in [-0.25, -0.2) is 9.97 Å². The van der Waals surface area contributed by atoms with Crippen molar-refractivity contribution in [1.82, 2.24) is 15.0 Å². The molecule has 0 unspecified atom stereocenters. The molecule has 0 aliphatic heterocycles. The minimum atomic E-state index is -0.488. The van der Waals surface area contributed by atoms with Crippen LogP contribution in [0.5, 0.6) is 11.5 Å². The van der Waals surface area contributed by atoms with Crippen molar-refractivity contribution in [3.63, 3.8) is 0 Å². The predicted molar refractivity (Wildman–Crippen MR) is 115 cm³/mol. The summed E-state index contributed by atoms with van der Waals surface area (Å²) in [5.41, 5.74) is 4.34. The maximum atomic E-state index is 14.7. The van der Waals surface area contributed by atoms with Crippen molar-refractivity contribution in [2.45, 2.75) is 19.9 Å². The molecule has 0 spiro atoms. The normalized spacial score (nSPS) is 10.9. The van der Waals surface area contributed by atoms with E-state index in [0.29, 0.717) is 35.8 Å². The van der Waals surface area contributed by atoms with Crippen molar-refractivity contribution in [2.75, 3.05) is 19.5 Å². The number of pyridine rings is 2. The van der Waals surface area contributed by atoms with Gasteiger partial charge in [0.1, 0.15) is 23.0 Å². The average molecular weight is 406 g/mol. The molecule has 4 rings (SSSR count). The summed E-state index contributed by atoms with van der Waals surface area (Å²) in [4.78, 5) is 11.6. The van der Waals surface area contributed by atoms with E-state index in [9.17, 15) is 4.39 Å². The Kier molecular flexibility index (Phi) is 5.52. The summed E-state index contributed by atoms with van der Waals surface area (Å²) < 4.78 is 25.2. The van der Waals surface area contributed by atoms with Crippen LogP contribution in [0, 0.1) is 12.9 Å². The molecule has 6 nitrogen and oxygen atoms in total. The van der Waals surface area contributed by atoms with Crippen LogP contribution in [0.15, 0.2) is 48.8 Å². The second-order valence-corrected chi connectivity index (χ2v) is 7.12. The lowest BCUT2D eigenvalue weighted by Gasteiger charge is -2.11. The third-order valence-electron chi connectivity index (χ3n) is 4.95. The Morgan fingerprint density at radius 1 is 1.03 bits per heavy atom. The Hall–Kier alpha value is -3.61. The van der Waals surface area contributed by atoms with Gasteiger partial charge in [0.15, 0.2) is 0 Å². The zero-order chi connectivity index (χ0) is 21.1. The van der Waals surface area contributed by atoms with Gasteiger partial charge in [-0.1, -0.05) is 6.07 Å². The maximum absolute atomic E-state index is 14.7. The predicted octanol–water partition coefficient (Wildman–Crippen LogP) is 4.63. The highest BCUT2D eigenvalue weighted by Crippen LogP contribution is 2.24. The van der Waals surface area contributed by atoms with Crippen LogP contribution in [0.25, 0.3) is 11.0 Å². The lowest BCUT2D eigenvalue weighted by atomic mass is 10.1. The Morgan fingerprint density at radius 3 is 2.50 bits per heavy atom. The minimum absolute atomic E-state index is 0.442. The first kappa shape index (κ1) is 19.7. The Balaban J connectivity index is 1.49. The molecule has 7 heteroatoms. The maximum Gasteiger partial charge on any atom is 0.218 e. The smallest absolute Gasteiger partial charge is 0.218 e. The fourth-order valence-electron chi connectivity index (χ4n) is 3.37. The van der Waals surface area contributed by atoms with E-state index in [1.807, 2.05) is 31.5 Å². The van der Waals surface area contributed by atoms with Crippen molar-refractivity contribution in [1.29, 1.82) is 0 Å². The first-order chi connectivity index (χ1) is 14.6. The number of benzene rings is 1. The van der Waals surface area contributed by atoms with Gasteiger partial charge in [0.2, 0.25) is 5.95 Å². The summed E-state index contributed by atoms with van der Waals surface area (Å²) in [5, 5.41) is 4.15. The largest absolute Gasteiger partial charge is 0.497 e. The van der Waals surface area contributed by atoms with Gasteiger partial charge in [0.05, 0.1) is 14.2 Å². The van der Waals surface area contributed by atoms with Crippen LogP contribution < -0.4 is 14.8 Å². The summed E-state index contributed by atoms with van der Waals surface area (Å²) in [6, 6.07) is 11.2. The van der Waals surface area contributed by atoms with E-state index < -0.39 is 5.95 Å². The van der Waals surface area contributed by atoms with Gasteiger partial charge in [-0.3, -0.25) is 0 Å². The number of ether oxygens (including phenoxy) is 2. The molecule has 0 aliphatic rings. The number of halogens is 1. The van der Waals surface area contributed by atoms with Crippen LogP contribution in [0.2, 0.25) is 0 Å². The number of hydrogen-bond donors (Lipinski definition) is 2. The van der Waals surface area contributed by atoms with Crippen molar-refractivity contribution in [3.05, 3.63) is 77.0 Å². The van der Waals surface area contributed by atoms with Gasteiger partial charge >= 0.3 is 0 Å². The molecule has 3 aromatic heterocycles. The molecule has 0 bridgehead atoms. The van der Waals surface area contributed by atoms with Crippen LogP contribution in [0.1, 0.15) is 22.3 Å². The van der Waals surface area contributed by atoms with E-state index in [4.69, 9.17) is 9.47 Å². The van der Waals surface area contributed by atoms with Crippen molar-refractivity contribution in [3.8, 4) is 11.5 Å². The summed E-state index contributed by atoms with van der Waals surface area (Å²) in [5.74, 6) is 1.38. The van der Waals surface area contributed by atoms with Crippen LogP contribution in [0.3, 0.4) is 0 Å². The number of aromatic amines is 1. The number of hydrogen-bond acceptors (Lipinski definition) is 5. The molecule has 4 aromatic rings. The third kappa shape index (κ3) is 4.20. The topological polar surface area (TPSA) is 72.1 Å². The SMILES string of the molecule is COc1cc(CNc2ccc(Cc3c[nH]c4ncc(C)cc34)c(F)n2)cc(OC)c1. The van der Waals surface area contributed by atoms with E-state index in [0.717, 1.165) is 27.7 Å². The average Bonchev–Trinajstić information content (AvgIpc) is 3.15. The number of aryl methyl sites for hydroxylation is 1. The summed E-state index contributed by atoms with van der Waals surface area (Å²) in [6.45, 7) is 2.45. The molecule has 2 N–H and O–H groups in total. The number of anilines is 1. The molecule has 0 amide bonds. The Labute approximate surface area is 174 Å². The zero-order valence-corrected chi connectivity index (χ0v) is 17.1. The first-order valence-electron chi connectivity index (χ1n) is 9.59. The lowest BCUT2D eigenvalue weighted by Crippen LogP contribution is -2.05. The van der Waals surface area contributed by atoms with Crippen LogP contribution in [-0.4, -0.2) is 29.2 Å². The fraction of sp³-hybridized carbons (Fsp3) is 0.217. The quantitative estimate of drug-likeness (QED) is 0.438. The number of methoxy groups -OCH3 is 2. The molecule has 0 saturated carbocycles. The minimum Gasteiger partial charge on any atom is -0.497 e. The fourth-order valence-corrected chi connectivity index (χ4v) is 3.37. The van der Waals surface area contributed by atoms with Gasteiger partial charge in [-0.15, -0.1) is 0 Å². The van der Waals surface area contributed by atoms with E-state index >= 15 is 0 Å². The van der Waals surface area contributed by atoms with Gasteiger partial charge in [-0.2, -0.15) is 4.39 Å². The van der Waals surface area contributed by atoms with Crippen LogP contribution in [-0.2, 0) is 13.0 Å². The number of nitrogens with zero attached hydrogens (tertiary/aromatic N) is 2. The molecule has 3 heterocycles. The zero-order valence-electron chi connectivity index (χ0n) is 17.1. The molecule has 0 atom stereocenters. The standard InChI is InChI=1S/C23H23FN4O2/c1-14-6-20-17(13-27-23(20)26-11-14)9-16-4-5-21(28-22(16)24)25-12-15-7-18(29-2)10-19(8-15)30-3/h4-8,10-11,13H,9,12H2,1-3H3,(H,25,28)(H,26,27). The summed E-state index contributed by atoms with van der Waals surface area (Å²) in [7, 11) is 3.21. The number of H-pyrrole nitrogens is 1. The molecule has 0 fully saturated rings. The highest BCUT2D eigenvalue weighted by atomic mass is 19.1. The van der Waals surface area contributed by atoms with Gasteiger partial charge < -0.3 is 19.8 Å². The highest BCUT2D eigenvalue weighted by molar-refractivity contribution is 5.80. The highest BCUT2D eigenvalue weighted by Gasteiger charge is 2.11. The molecule has 0 aliphatic carbocycles. The molecular weight excluding hydrogens is 383 g/mol. The molecular formula is C23H23FN4O2. The second kappa shape index (κ2) is 8.41.